The van der Waals surface area contributed by atoms with Crippen LogP contribution in [0, 0.1) is 6.92 Å². The average Bonchev–Trinajstić information content (AvgIpc) is 2.87. The summed E-state index contributed by atoms with van der Waals surface area (Å²) < 4.78 is 16.2. The predicted octanol–water partition coefficient (Wildman–Crippen LogP) is 5.10. The second kappa shape index (κ2) is 10.3. The van der Waals surface area contributed by atoms with Crippen molar-refractivity contribution in [3.05, 3.63) is 93.8 Å². The van der Waals surface area contributed by atoms with Gasteiger partial charge in [-0.3, -0.25) is 9.59 Å². The van der Waals surface area contributed by atoms with E-state index in [0.717, 1.165) is 16.5 Å². The molecule has 0 fully saturated rings. The molecule has 0 spiro atoms. The van der Waals surface area contributed by atoms with Crippen LogP contribution in [0.4, 0.5) is 5.69 Å². The van der Waals surface area contributed by atoms with Crippen LogP contribution < -0.4 is 24.7 Å². The number of aromatic nitrogens is 1. The van der Waals surface area contributed by atoms with Crippen molar-refractivity contribution < 1.29 is 19.0 Å². The fourth-order valence-electron chi connectivity index (χ4n) is 3.95. The molecule has 0 atom stereocenters. The second-order valence-electron chi connectivity index (χ2n) is 8.10. The van der Waals surface area contributed by atoms with Gasteiger partial charge in [-0.1, -0.05) is 11.6 Å². The molecule has 1 aromatic heterocycles. The number of pyridine rings is 1. The molecule has 35 heavy (non-hydrogen) atoms. The number of H-pyrrole nitrogens is 1. The number of ether oxygens (including phenoxy) is 3. The summed E-state index contributed by atoms with van der Waals surface area (Å²) in [4.78, 5) is 31.2. The van der Waals surface area contributed by atoms with E-state index in [0.29, 0.717) is 40.7 Å². The number of carbonyl (C=O) groups is 1. The number of hydrogen-bond acceptors (Lipinski definition) is 5. The Hall–Kier alpha value is -4.26. The summed E-state index contributed by atoms with van der Waals surface area (Å²) in [5.74, 6) is 1.40. The number of carbonyl (C=O) groups excluding carboxylic acids is 1. The molecule has 0 bridgehead atoms. The number of benzene rings is 3. The Balaban J connectivity index is 1.77. The van der Waals surface area contributed by atoms with E-state index < -0.39 is 0 Å². The Morgan fingerprint density at radius 3 is 2.34 bits per heavy atom. The van der Waals surface area contributed by atoms with Gasteiger partial charge in [0.15, 0.2) is 11.5 Å². The summed E-state index contributed by atoms with van der Waals surface area (Å²) in [5.41, 5.74) is 3.12. The van der Waals surface area contributed by atoms with Crippen LogP contribution in [-0.4, -0.2) is 31.7 Å². The number of hydrogen-bond donors (Lipinski definition) is 1. The standard InChI is InChI=1S/C28H28N2O5/c1-5-35-23-10-8-22(9-11-23)30(28(32)19-7-13-25(33-3)26(16-19)34-4)17-21-15-20-14-18(2)6-12-24(20)29-27(21)31/h6-16H,5,17H2,1-4H3,(H,29,31). The third kappa shape index (κ3) is 5.14. The molecular weight excluding hydrogens is 444 g/mol. The number of fused-ring (bicyclic) bond motifs is 1. The molecule has 0 aliphatic rings. The molecule has 0 aliphatic heterocycles. The molecule has 7 nitrogen and oxygen atoms in total. The van der Waals surface area contributed by atoms with E-state index in [1.807, 2.05) is 62.4 Å². The molecule has 7 heteroatoms. The summed E-state index contributed by atoms with van der Waals surface area (Å²) in [6.07, 6.45) is 0. The van der Waals surface area contributed by atoms with E-state index in [4.69, 9.17) is 14.2 Å². The molecule has 0 saturated heterocycles. The van der Waals surface area contributed by atoms with Gasteiger partial charge in [-0.15, -0.1) is 0 Å². The van der Waals surface area contributed by atoms with Crippen molar-refractivity contribution in [2.45, 2.75) is 20.4 Å². The van der Waals surface area contributed by atoms with Crippen molar-refractivity contribution in [1.29, 1.82) is 0 Å². The SMILES string of the molecule is CCOc1ccc(N(Cc2cc3cc(C)ccc3[nH]c2=O)C(=O)c2ccc(OC)c(OC)c2)cc1. The van der Waals surface area contributed by atoms with Crippen LogP contribution in [0.1, 0.15) is 28.4 Å². The number of nitrogens with zero attached hydrogens (tertiary/aromatic N) is 1. The first kappa shape index (κ1) is 23.9. The summed E-state index contributed by atoms with van der Waals surface area (Å²) in [5, 5.41) is 0.907. The van der Waals surface area contributed by atoms with Gasteiger partial charge >= 0.3 is 0 Å². The number of aryl methyl sites for hydroxylation is 1. The summed E-state index contributed by atoms with van der Waals surface area (Å²) >= 11 is 0. The largest absolute Gasteiger partial charge is 0.494 e. The minimum atomic E-state index is -0.279. The molecule has 0 saturated carbocycles. The van der Waals surface area contributed by atoms with Gasteiger partial charge < -0.3 is 24.1 Å². The fourth-order valence-corrected chi connectivity index (χ4v) is 3.95. The Kier molecular flexibility index (Phi) is 7.06. The monoisotopic (exact) mass is 472 g/mol. The van der Waals surface area contributed by atoms with Gasteiger partial charge in [0.25, 0.3) is 11.5 Å². The molecule has 1 amide bonds. The van der Waals surface area contributed by atoms with Crippen LogP contribution in [0.15, 0.2) is 71.5 Å². The first-order valence-corrected chi connectivity index (χ1v) is 11.3. The van der Waals surface area contributed by atoms with Gasteiger partial charge in [-0.2, -0.15) is 0 Å². The minimum absolute atomic E-state index is 0.0837. The van der Waals surface area contributed by atoms with E-state index in [2.05, 4.69) is 4.98 Å². The highest BCUT2D eigenvalue weighted by Crippen LogP contribution is 2.30. The Bertz CT molecular complexity index is 1410. The molecule has 1 heterocycles. The van der Waals surface area contributed by atoms with E-state index in [-0.39, 0.29) is 18.0 Å². The van der Waals surface area contributed by atoms with Gasteiger partial charge in [-0.25, -0.2) is 0 Å². The summed E-state index contributed by atoms with van der Waals surface area (Å²) in [6, 6.07) is 19.9. The highest BCUT2D eigenvalue weighted by molar-refractivity contribution is 6.06. The maximum Gasteiger partial charge on any atom is 0.258 e. The third-order valence-electron chi connectivity index (χ3n) is 5.74. The van der Waals surface area contributed by atoms with Crippen molar-refractivity contribution >= 4 is 22.5 Å². The lowest BCUT2D eigenvalue weighted by Crippen LogP contribution is -2.33. The number of anilines is 1. The van der Waals surface area contributed by atoms with Crippen LogP contribution in [0.3, 0.4) is 0 Å². The molecule has 0 radical (unpaired) electrons. The van der Waals surface area contributed by atoms with E-state index in [1.54, 1.807) is 30.2 Å². The third-order valence-corrected chi connectivity index (χ3v) is 5.74. The van der Waals surface area contributed by atoms with Gasteiger partial charge in [0.05, 0.1) is 27.4 Å². The van der Waals surface area contributed by atoms with Crippen molar-refractivity contribution in [3.63, 3.8) is 0 Å². The summed E-state index contributed by atoms with van der Waals surface area (Å²) in [7, 11) is 3.06. The quantitative estimate of drug-likeness (QED) is 0.386. The number of nitrogens with one attached hydrogen (secondary N) is 1. The normalized spacial score (nSPS) is 10.7. The molecular formula is C28H28N2O5. The number of amides is 1. The Morgan fingerprint density at radius 1 is 0.914 bits per heavy atom. The second-order valence-corrected chi connectivity index (χ2v) is 8.10. The van der Waals surface area contributed by atoms with Gasteiger partial charge in [0.1, 0.15) is 5.75 Å². The smallest absolute Gasteiger partial charge is 0.258 e. The lowest BCUT2D eigenvalue weighted by molar-refractivity contribution is 0.0984. The number of rotatable bonds is 8. The predicted molar refractivity (Wildman–Crippen MR) is 137 cm³/mol. The zero-order chi connectivity index (χ0) is 24.9. The molecule has 1 N–H and O–H groups in total. The van der Waals surface area contributed by atoms with Crippen LogP contribution in [0.25, 0.3) is 10.9 Å². The van der Waals surface area contributed by atoms with Crippen LogP contribution in [-0.2, 0) is 6.54 Å². The maximum absolute atomic E-state index is 13.7. The van der Waals surface area contributed by atoms with Crippen LogP contribution in [0.5, 0.6) is 17.2 Å². The number of methoxy groups -OCH3 is 2. The first-order chi connectivity index (χ1) is 16.9. The van der Waals surface area contributed by atoms with Crippen LogP contribution in [0.2, 0.25) is 0 Å². The summed E-state index contributed by atoms with van der Waals surface area (Å²) in [6.45, 7) is 4.53. The molecule has 4 rings (SSSR count). The maximum atomic E-state index is 13.7. The lowest BCUT2D eigenvalue weighted by atomic mass is 10.1. The number of aromatic amines is 1. The van der Waals surface area contributed by atoms with Crippen LogP contribution >= 0.6 is 0 Å². The highest BCUT2D eigenvalue weighted by atomic mass is 16.5. The van der Waals surface area contributed by atoms with Gasteiger partial charge in [0.2, 0.25) is 0 Å². The van der Waals surface area contributed by atoms with Crippen molar-refractivity contribution in [2.75, 3.05) is 25.7 Å². The molecule has 4 aromatic rings. The Labute approximate surface area is 203 Å². The first-order valence-electron chi connectivity index (χ1n) is 11.3. The van der Waals surface area contributed by atoms with E-state index in [9.17, 15) is 9.59 Å². The fraction of sp³-hybridized carbons (Fsp3) is 0.214. The van der Waals surface area contributed by atoms with Crippen molar-refractivity contribution in [3.8, 4) is 17.2 Å². The van der Waals surface area contributed by atoms with Gasteiger partial charge in [-0.05, 0) is 79.9 Å². The van der Waals surface area contributed by atoms with Gasteiger partial charge in [0, 0.05) is 22.3 Å². The average molecular weight is 473 g/mol. The lowest BCUT2D eigenvalue weighted by Gasteiger charge is -2.24. The van der Waals surface area contributed by atoms with Crippen molar-refractivity contribution in [2.24, 2.45) is 0 Å². The Morgan fingerprint density at radius 2 is 1.66 bits per heavy atom. The zero-order valence-corrected chi connectivity index (χ0v) is 20.3. The highest BCUT2D eigenvalue weighted by Gasteiger charge is 2.21. The molecule has 180 valence electrons. The minimum Gasteiger partial charge on any atom is -0.494 e. The molecule has 3 aromatic carbocycles. The topological polar surface area (TPSA) is 80.9 Å². The molecule has 0 aliphatic carbocycles. The zero-order valence-electron chi connectivity index (χ0n) is 20.3. The van der Waals surface area contributed by atoms with E-state index >= 15 is 0 Å². The van der Waals surface area contributed by atoms with E-state index in [1.165, 1.54) is 7.11 Å². The van der Waals surface area contributed by atoms with Crippen molar-refractivity contribution in [1.82, 2.24) is 4.98 Å². The molecule has 0 unspecified atom stereocenters.